The van der Waals surface area contributed by atoms with Gasteiger partial charge in [-0.25, -0.2) is 9.97 Å². The lowest BCUT2D eigenvalue weighted by atomic mass is 9.40. The molecule has 0 spiro atoms. The van der Waals surface area contributed by atoms with Gasteiger partial charge in [0, 0.05) is 11.6 Å². The van der Waals surface area contributed by atoms with Crippen LogP contribution < -0.4 is 0 Å². The van der Waals surface area contributed by atoms with E-state index >= 15 is 0 Å². The molecule has 0 amide bonds. The molecule has 2 atom stereocenters. The molecular formula is C17H24N2O. The summed E-state index contributed by atoms with van der Waals surface area (Å²) in [6, 6.07) is 1.83. The van der Waals surface area contributed by atoms with Gasteiger partial charge in [0.2, 0.25) is 0 Å². The fraction of sp³-hybridized carbons (Fsp3) is 0.765. The Balaban J connectivity index is 1.80. The van der Waals surface area contributed by atoms with Gasteiger partial charge < -0.3 is 5.11 Å². The molecule has 20 heavy (non-hydrogen) atoms. The molecule has 1 aromatic heterocycles. The van der Waals surface area contributed by atoms with Gasteiger partial charge in [0.05, 0.1) is 12.3 Å². The first kappa shape index (κ1) is 12.8. The quantitative estimate of drug-likeness (QED) is 0.899. The zero-order valence-electron chi connectivity index (χ0n) is 12.5. The average Bonchev–Trinajstić information content (AvgIpc) is 2.34. The van der Waals surface area contributed by atoms with Gasteiger partial charge in [-0.3, -0.25) is 0 Å². The van der Waals surface area contributed by atoms with Crippen LogP contribution >= 0.6 is 0 Å². The summed E-state index contributed by atoms with van der Waals surface area (Å²) in [5.41, 5.74) is 1.90. The van der Waals surface area contributed by atoms with Crippen LogP contribution in [0.2, 0.25) is 0 Å². The molecule has 1 N–H and O–H groups in total. The van der Waals surface area contributed by atoms with Crippen molar-refractivity contribution in [2.24, 2.45) is 16.7 Å². The number of nitrogens with zero attached hydrogens (tertiary/aromatic N) is 2. The zero-order chi connectivity index (χ0) is 14.0. The molecule has 4 fully saturated rings. The summed E-state index contributed by atoms with van der Waals surface area (Å²) in [5.74, 6) is 1.85. The van der Waals surface area contributed by atoms with E-state index in [1.54, 1.807) is 0 Å². The van der Waals surface area contributed by atoms with Crippen molar-refractivity contribution in [3.63, 3.8) is 0 Å². The van der Waals surface area contributed by atoms with Crippen LogP contribution in [0.3, 0.4) is 0 Å². The molecule has 1 heterocycles. The zero-order valence-corrected chi connectivity index (χ0v) is 12.5. The van der Waals surface area contributed by atoms with Crippen LogP contribution in [-0.4, -0.2) is 15.1 Å². The smallest absolute Gasteiger partial charge is 0.134 e. The first-order valence-electron chi connectivity index (χ1n) is 7.88. The monoisotopic (exact) mass is 272 g/mol. The Morgan fingerprint density at radius 2 is 1.85 bits per heavy atom. The second-order valence-electron chi connectivity index (χ2n) is 8.44. The van der Waals surface area contributed by atoms with Crippen molar-refractivity contribution in [2.75, 3.05) is 0 Å². The summed E-state index contributed by atoms with van der Waals surface area (Å²) in [4.78, 5) is 9.30. The average molecular weight is 272 g/mol. The third kappa shape index (κ3) is 1.75. The van der Waals surface area contributed by atoms with Crippen molar-refractivity contribution in [2.45, 2.75) is 64.4 Å². The van der Waals surface area contributed by atoms with Crippen LogP contribution in [0.15, 0.2) is 12.3 Å². The summed E-state index contributed by atoms with van der Waals surface area (Å²) in [5, 5.41) is 9.35. The summed E-state index contributed by atoms with van der Waals surface area (Å²) in [7, 11) is 0. The van der Waals surface area contributed by atoms with E-state index in [9.17, 15) is 5.11 Å². The Kier molecular flexibility index (Phi) is 2.44. The molecule has 3 nitrogen and oxygen atoms in total. The van der Waals surface area contributed by atoms with Crippen LogP contribution in [0.1, 0.15) is 63.9 Å². The van der Waals surface area contributed by atoms with Crippen molar-refractivity contribution >= 4 is 0 Å². The fourth-order valence-corrected chi connectivity index (χ4v) is 6.44. The molecule has 2 unspecified atom stereocenters. The van der Waals surface area contributed by atoms with Gasteiger partial charge >= 0.3 is 0 Å². The molecule has 4 bridgehead atoms. The Morgan fingerprint density at radius 1 is 1.15 bits per heavy atom. The normalized spacial score (nSPS) is 45.9. The third-order valence-corrected chi connectivity index (χ3v) is 5.98. The Morgan fingerprint density at radius 3 is 2.45 bits per heavy atom. The fourth-order valence-electron chi connectivity index (χ4n) is 6.44. The first-order valence-corrected chi connectivity index (χ1v) is 7.88. The highest BCUT2D eigenvalue weighted by Crippen LogP contribution is 2.69. The summed E-state index contributed by atoms with van der Waals surface area (Å²) < 4.78 is 0. The van der Waals surface area contributed by atoms with Crippen molar-refractivity contribution in [3.8, 4) is 0 Å². The van der Waals surface area contributed by atoms with Crippen molar-refractivity contribution in [1.82, 2.24) is 9.97 Å². The van der Waals surface area contributed by atoms with Gasteiger partial charge in [-0.05, 0) is 61.3 Å². The highest BCUT2D eigenvalue weighted by atomic mass is 16.3. The standard InChI is InChI=1S/C17H24N2O/c1-15-5-12-6-16(2,9-15)11-17(7-12,10-15)14-18-4-3-13(8-20)19-14/h3-4,12,20H,5-11H2,1-2H3. The maximum atomic E-state index is 9.35. The predicted octanol–water partition coefficient (Wildman–Crippen LogP) is 3.22. The van der Waals surface area contributed by atoms with E-state index in [0.717, 1.165) is 17.4 Å². The second kappa shape index (κ2) is 3.82. The molecule has 0 aliphatic heterocycles. The Bertz CT molecular complexity index is 538. The van der Waals surface area contributed by atoms with Gasteiger partial charge in [-0.15, -0.1) is 0 Å². The summed E-state index contributed by atoms with van der Waals surface area (Å²) in [6.45, 7) is 4.96. The molecular weight excluding hydrogens is 248 g/mol. The van der Waals surface area contributed by atoms with Crippen molar-refractivity contribution in [1.29, 1.82) is 0 Å². The number of hydrogen-bond donors (Lipinski definition) is 1. The highest BCUT2D eigenvalue weighted by Gasteiger charge is 2.61. The molecule has 0 radical (unpaired) electrons. The molecule has 4 saturated carbocycles. The van der Waals surface area contributed by atoms with E-state index in [-0.39, 0.29) is 12.0 Å². The van der Waals surface area contributed by atoms with Crippen LogP contribution in [0.4, 0.5) is 0 Å². The maximum absolute atomic E-state index is 9.35. The number of aliphatic hydroxyl groups is 1. The lowest BCUT2D eigenvalue weighted by Crippen LogP contribution is -2.57. The van der Waals surface area contributed by atoms with E-state index in [4.69, 9.17) is 0 Å². The summed E-state index contributed by atoms with van der Waals surface area (Å²) >= 11 is 0. The lowest BCUT2D eigenvalue weighted by Gasteiger charge is -2.64. The number of aliphatic hydroxyl groups excluding tert-OH is 1. The van der Waals surface area contributed by atoms with Crippen LogP contribution in [0.25, 0.3) is 0 Å². The minimum Gasteiger partial charge on any atom is -0.390 e. The highest BCUT2D eigenvalue weighted by molar-refractivity contribution is 5.22. The van der Waals surface area contributed by atoms with Crippen LogP contribution in [0, 0.1) is 16.7 Å². The molecule has 1 aromatic rings. The minimum atomic E-state index is 0.0174. The predicted molar refractivity (Wildman–Crippen MR) is 77.0 cm³/mol. The molecule has 108 valence electrons. The topological polar surface area (TPSA) is 46.0 Å². The Hall–Kier alpha value is -0.960. The SMILES string of the molecule is CC12CC3CC(C)(C1)CC(c1nccc(CO)n1)(C3)C2. The lowest BCUT2D eigenvalue weighted by molar-refractivity contribution is -0.112. The molecule has 3 heteroatoms. The number of rotatable bonds is 2. The van der Waals surface area contributed by atoms with E-state index in [1.165, 1.54) is 38.5 Å². The molecule has 5 rings (SSSR count). The van der Waals surface area contributed by atoms with E-state index in [2.05, 4.69) is 23.8 Å². The first-order chi connectivity index (χ1) is 9.44. The Labute approximate surface area is 120 Å². The van der Waals surface area contributed by atoms with Gasteiger partial charge in [-0.1, -0.05) is 13.8 Å². The molecule has 4 aliphatic carbocycles. The minimum absolute atomic E-state index is 0.0174. The van der Waals surface area contributed by atoms with Crippen LogP contribution in [-0.2, 0) is 12.0 Å². The number of aromatic nitrogens is 2. The van der Waals surface area contributed by atoms with Gasteiger partial charge in [-0.2, -0.15) is 0 Å². The maximum Gasteiger partial charge on any atom is 0.134 e. The van der Waals surface area contributed by atoms with Crippen molar-refractivity contribution < 1.29 is 5.11 Å². The van der Waals surface area contributed by atoms with Gasteiger partial charge in [0.25, 0.3) is 0 Å². The third-order valence-electron chi connectivity index (χ3n) is 5.98. The largest absolute Gasteiger partial charge is 0.390 e. The molecule has 4 aliphatic rings. The van der Waals surface area contributed by atoms with Gasteiger partial charge in [0.15, 0.2) is 0 Å². The van der Waals surface area contributed by atoms with Crippen molar-refractivity contribution in [3.05, 3.63) is 23.8 Å². The van der Waals surface area contributed by atoms with E-state index < -0.39 is 0 Å². The van der Waals surface area contributed by atoms with Crippen LogP contribution in [0.5, 0.6) is 0 Å². The van der Waals surface area contributed by atoms with E-state index in [0.29, 0.717) is 10.8 Å². The number of hydrogen-bond acceptors (Lipinski definition) is 3. The second-order valence-corrected chi connectivity index (χ2v) is 8.44. The van der Waals surface area contributed by atoms with E-state index in [1.807, 2.05) is 12.3 Å². The molecule has 0 aromatic carbocycles. The summed E-state index contributed by atoms with van der Waals surface area (Å²) in [6.07, 6.45) is 9.72. The van der Waals surface area contributed by atoms with Gasteiger partial charge in [0.1, 0.15) is 5.82 Å². The molecule has 0 saturated heterocycles.